The van der Waals surface area contributed by atoms with Crippen molar-refractivity contribution in [3.05, 3.63) is 89.1 Å². The summed E-state index contributed by atoms with van der Waals surface area (Å²) in [6.07, 6.45) is 0. The molecule has 5 heteroatoms. The average Bonchev–Trinajstić information content (AvgIpc) is 2.83. The lowest BCUT2D eigenvalue weighted by atomic mass is 9.92. The van der Waals surface area contributed by atoms with Gasteiger partial charge in [0.15, 0.2) is 11.5 Å². The van der Waals surface area contributed by atoms with Gasteiger partial charge in [0.1, 0.15) is 22.3 Å². The van der Waals surface area contributed by atoms with Crippen LogP contribution in [0.2, 0.25) is 0 Å². The van der Waals surface area contributed by atoms with Gasteiger partial charge >= 0.3 is 0 Å². The standard InChI is InChI=1S/C27H20O5/c1-30-22-12-11-17(13-25(22)31-2)19-15-24-20(14-18(19)16-7-4-3-5-8-16)27(29)26-21(28)9-6-10-23(26)32-24/h3-15,28H,1-2H3. The van der Waals surface area contributed by atoms with Crippen LogP contribution >= 0.6 is 0 Å². The average molecular weight is 424 g/mol. The first-order valence-electron chi connectivity index (χ1n) is 10.1. The molecule has 0 radical (unpaired) electrons. The molecule has 0 fully saturated rings. The number of aromatic hydroxyl groups is 1. The molecule has 0 saturated carbocycles. The molecule has 32 heavy (non-hydrogen) atoms. The summed E-state index contributed by atoms with van der Waals surface area (Å²) in [5.41, 5.74) is 4.11. The normalized spacial score (nSPS) is 11.1. The summed E-state index contributed by atoms with van der Waals surface area (Å²) in [6.45, 7) is 0. The van der Waals surface area contributed by atoms with Gasteiger partial charge in [-0.25, -0.2) is 0 Å². The van der Waals surface area contributed by atoms with Crippen molar-refractivity contribution in [3.8, 4) is 39.5 Å². The molecule has 0 amide bonds. The molecule has 0 spiro atoms. The zero-order valence-corrected chi connectivity index (χ0v) is 17.6. The van der Waals surface area contributed by atoms with E-state index in [-0.39, 0.29) is 16.6 Å². The highest BCUT2D eigenvalue weighted by Gasteiger charge is 2.17. The van der Waals surface area contributed by atoms with Crippen LogP contribution in [0.5, 0.6) is 17.2 Å². The minimum absolute atomic E-state index is 0.0941. The van der Waals surface area contributed by atoms with Gasteiger partial charge in [-0.1, -0.05) is 42.5 Å². The number of hydrogen-bond acceptors (Lipinski definition) is 5. The van der Waals surface area contributed by atoms with Gasteiger partial charge in [-0.05, 0) is 58.7 Å². The second-order valence-electron chi connectivity index (χ2n) is 7.41. The van der Waals surface area contributed by atoms with Crippen molar-refractivity contribution in [1.29, 1.82) is 0 Å². The Bertz CT molecular complexity index is 1520. The van der Waals surface area contributed by atoms with E-state index in [4.69, 9.17) is 13.9 Å². The van der Waals surface area contributed by atoms with Crippen molar-refractivity contribution < 1.29 is 19.0 Å². The van der Waals surface area contributed by atoms with Crippen LogP contribution in [0.25, 0.3) is 44.2 Å². The van der Waals surface area contributed by atoms with E-state index in [0.717, 1.165) is 22.3 Å². The van der Waals surface area contributed by atoms with E-state index < -0.39 is 0 Å². The fraction of sp³-hybridized carbons (Fsp3) is 0.0741. The molecule has 5 nitrogen and oxygen atoms in total. The second kappa shape index (κ2) is 7.78. The molecule has 0 aliphatic heterocycles. The van der Waals surface area contributed by atoms with E-state index in [9.17, 15) is 9.90 Å². The first-order valence-corrected chi connectivity index (χ1v) is 10.1. The molecule has 158 valence electrons. The maximum absolute atomic E-state index is 13.3. The lowest BCUT2D eigenvalue weighted by Gasteiger charge is -2.15. The molecule has 1 aromatic heterocycles. The van der Waals surface area contributed by atoms with Gasteiger partial charge in [0.05, 0.1) is 19.6 Å². The Morgan fingerprint density at radius 1 is 0.719 bits per heavy atom. The summed E-state index contributed by atoms with van der Waals surface area (Å²) in [5, 5.41) is 10.8. The Kier molecular flexibility index (Phi) is 4.79. The summed E-state index contributed by atoms with van der Waals surface area (Å²) >= 11 is 0. The molecular formula is C27H20O5. The van der Waals surface area contributed by atoms with Gasteiger partial charge in [0.25, 0.3) is 0 Å². The Hall–Kier alpha value is -4.25. The summed E-state index contributed by atoms with van der Waals surface area (Å²) in [4.78, 5) is 13.3. The monoisotopic (exact) mass is 424 g/mol. The maximum atomic E-state index is 13.3. The van der Waals surface area contributed by atoms with Crippen LogP contribution in [0.3, 0.4) is 0 Å². The number of fused-ring (bicyclic) bond motifs is 2. The quantitative estimate of drug-likeness (QED) is 0.358. The highest BCUT2D eigenvalue weighted by molar-refractivity contribution is 5.99. The number of phenols is 1. The minimum atomic E-state index is -0.268. The zero-order valence-electron chi connectivity index (χ0n) is 17.6. The first-order chi connectivity index (χ1) is 15.6. The van der Waals surface area contributed by atoms with Crippen molar-refractivity contribution >= 4 is 21.9 Å². The van der Waals surface area contributed by atoms with Gasteiger partial charge in [-0.2, -0.15) is 0 Å². The highest BCUT2D eigenvalue weighted by Crippen LogP contribution is 2.39. The van der Waals surface area contributed by atoms with Gasteiger partial charge < -0.3 is 19.0 Å². The van der Waals surface area contributed by atoms with Gasteiger partial charge in [-0.3, -0.25) is 4.79 Å². The van der Waals surface area contributed by atoms with Crippen LogP contribution in [0.1, 0.15) is 0 Å². The SMILES string of the molecule is COc1ccc(-c2cc3oc4cccc(O)c4c(=O)c3cc2-c2ccccc2)cc1OC. The lowest BCUT2D eigenvalue weighted by molar-refractivity contribution is 0.355. The number of benzene rings is 4. The predicted octanol–water partition coefficient (Wildman–Crippen LogP) is 6.00. The van der Waals surface area contributed by atoms with Crippen molar-refractivity contribution in [2.24, 2.45) is 0 Å². The third-order valence-electron chi connectivity index (χ3n) is 5.59. The third kappa shape index (κ3) is 3.15. The van der Waals surface area contributed by atoms with Crippen molar-refractivity contribution in [2.75, 3.05) is 14.2 Å². The van der Waals surface area contributed by atoms with Crippen LogP contribution in [-0.2, 0) is 0 Å². The Balaban J connectivity index is 1.87. The van der Waals surface area contributed by atoms with E-state index in [0.29, 0.717) is 28.1 Å². The molecular weight excluding hydrogens is 404 g/mol. The fourth-order valence-electron chi connectivity index (χ4n) is 4.03. The van der Waals surface area contributed by atoms with Crippen LogP contribution in [-0.4, -0.2) is 19.3 Å². The molecule has 0 atom stereocenters. The summed E-state index contributed by atoms with van der Waals surface area (Å²) in [5.74, 6) is 1.14. The highest BCUT2D eigenvalue weighted by atomic mass is 16.5. The largest absolute Gasteiger partial charge is 0.507 e. The third-order valence-corrected chi connectivity index (χ3v) is 5.59. The Labute approximate surface area is 184 Å². The van der Waals surface area contributed by atoms with Crippen LogP contribution in [0.15, 0.2) is 88.1 Å². The maximum Gasteiger partial charge on any atom is 0.204 e. The molecule has 5 aromatic rings. The van der Waals surface area contributed by atoms with Gasteiger partial charge in [0, 0.05) is 0 Å². The van der Waals surface area contributed by atoms with Crippen LogP contribution < -0.4 is 14.9 Å². The second-order valence-corrected chi connectivity index (χ2v) is 7.41. The lowest BCUT2D eigenvalue weighted by Crippen LogP contribution is -2.03. The number of hydrogen-bond donors (Lipinski definition) is 1. The van der Waals surface area contributed by atoms with Crippen molar-refractivity contribution in [1.82, 2.24) is 0 Å². The summed E-state index contributed by atoms with van der Waals surface area (Å²) in [7, 11) is 3.19. The van der Waals surface area contributed by atoms with Crippen molar-refractivity contribution in [3.63, 3.8) is 0 Å². The van der Waals surface area contributed by atoms with E-state index in [2.05, 4.69) is 0 Å². The molecule has 0 aliphatic rings. The molecule has 0 saturated heterocycles. The molecule has 0 bridgehead atoms. The smallest absolute Gasteiger partial charge is 0.204 e. The molecule has 0 aliphatic carbocycles. The van der Waals surface area contributed by atoms with Crippen LogP contribution in [0, 0.1) is 0 Å². The molecule has 5 rings (SSSR count). The Morgan fingerprint density at radius 3 is 2.22 bits per heavy atom. The molecule has 4 aromatic carbocycles. The van der Waals surface area contributed by atoms with Gasteiger partial charge in [-0.15, -0.1) is 0 Å². The number of ether oxygens (including phenoxy) is 2. The fourth-order valence-corrected chi connectivity index (χ4v) is 4.03. The van der Waals surface area contributed by atoms with Gasteiger partial charge in [0.2, 0.25) is 5.43 Å². The number of rotatable bonds is 4. The number of methoxy groups -OCH3 is 2. The molecule has 0 unspecified atom stereocenters. The zero-order chi connectivity index (χ0) is 22.2. The summed E-state index contributed by atoms with van der Waals surface area (Å²) in [6, 6.07) is 24.0. The topological polar surface area (TPSA) is 68.9 Å². The van der Waals surface area contributed by atoms with E-state index in [1.807, 2.05) is 60.7 Å². The van der Waals surface area contributed by atoms with E-state index in [1.54, 1.807) is 26.4 Å². The molecule has 1 heterocycles. The van der Waals surface area contributed by atoms with E-state index >= 15 is 0 Å². The first kappa shape index (κ1) is 19.7. The molecule has 1 N–H and O–H groups in total. The van der Waals surface area contributed by atoms with Crippen molar-refractivity contribution in [2.45, 2.75) is 0 Å². The van der Waals surface area contributed by atoms with E-state index in [1.165, 1.54) is 6.07 Å². The summed E-state index contributed by atoms with van der Waals surface area (Å²) < 4.78 is 16.9. The minimum Gasteiger partial charge on any atom is -0.507 e. The predicted molar refractivity (Wildman–Crippen MR) is 126 cm³/mol. The number of phenolic OH excluding ortho intramolecular Hbond substituents is 1. The van der Waals surface area contributed by atoms with Crippen LogP contribution in [0.4, 0.5) is 0 Å². The Morgan fingerprint density at radius 2 is 1.47 bits per heavy atom.